The minimum absolute atomic E-state index is 0.363. The highest BCUT2D eigenvalue weighted by atomic mass is 16.3. The van der Waals surface area contributed by atoms with E-state index in [1.165, 1.54) is 0 Å². The summed E-state index contributed by atoms with van der Waals surface area (Å²) in [6, 6.07) is 0.363. The summed E-state index contributed by atoms with van der Waals surface area (Å²) in [5.41, 5.74) is -0.871. The van der Waals surface area contributed by atoms with Gasteiger partial charge < -0.3 is 15.5 Å². The van der Waals surface area contributed by atoms with Gasteiger partial charge in [-0.15, -0.1) is 0 Å². The van der Waals surface area contributed by atoms with Gasteiger partial charge in [-0.2, -0.15) is 0 Å². The number of rotatable bonds is 3. The second-order valence-corrected chi connectivity index (χ2v) is 4.05. The van der Waals surface area contributed by atoms with Crippen molar-refractivity contribution >= 4 is 0 Å². The molecule has 1 fully saturated rings. The molecule has 72 valence electrons. The van der Waals surface area contributed by atoms with Crippen LogP contribution in [0.4, 0.5) is 0 Å². The fraction of sp³-hybridized carbons (Fsp3) is 1.00. The number of hydrogen-bond acceptors (Lipinski definition) is 3. The maximum atomic E-state index is 9.90. The first-order valence-electron chi connectivity index (χ1n) is 4.68. The molecule has 0 aromatic heterocycles. The maximum absolute atomic E-state index is 9.90. The Kier molecular flexibility index (Phi) is 3.09. The van der Waals surface area contributed by atoms with E-state index in [0.717, 1.165) is 12.8 Å². The first kappa shape index (κ1) is 9.96. The second kappa shape index (κ2) is 3.73. The highest BCUT2D eigenvalue weighted by Gasteiger charge is 2.39. The van der Waals surface area contributed by atoms with E-state index in [4.69, 9.17) is 0 Å². The summed E-state index contributed by atoms with van der Waals surface area (Å²) >= 11 is 0. The van der Waals surface area contributed by atoms with Gasteiger partial charge in [-0.1, -0.05) is 13.8 Å². The van der Waals surface area contributed by atoms with Gasteiger partial charge in [0.2, 0.25) is 0 Å². The lowest BCUT2D eigenvalue weighted by molar-refractivity contribution is -0.0520. The van der Waals surface area contributed by atoms with Crippen LogP contribution in [0.3, 0.4) is 0 Å². The summed E-state index contributed by atoms with van der Waals surface area (Å²) < 4.78 is 0. The van der Waals surface area contributed by atoms with Crippen LogP contribution in [0.2, 0.25) is 0 Å². The van der Waals surface area contributed by atoms with Crippen molar-refractivity contribution in [3.8, 4) is 0 Å². The molecular formula is C9H19NO2. The van der Waals surface area contributed by atoms with Crippen LogP contribution in [0.5, 0.6) is 0 Å². The van der Waals surface area contributed by atoms with E-state index >= 15 is 0 Å². The Morgan fingerprint density at radius 2 is 2.25 bits per heavy atom. The molecule has 1 aliphatic carbocycles. The SMILES string of the molecule is CC(C)NC[C@]1(O)CCC[C@H]1O. The average Bonchev–Trinajstić information content (AvgIpc) is 2.30. The van der Waals surface area contributed by atoms with E-state index in [9.17, 15) is 10.2 Å². The molecule has 3 nitrogen and oxygen atoms in total. The lowest BCUT2D eigenvalue weighted by atomic mass is 10.00. The lowest BCUT2D eigenvalue weighted by Crippen LogP contribution is -2.48. The summed E-state index contributed by atoms with van der Waals surface area (Å²) in [6.07, 6.45) is 1.84. The minimum Gasteiger partial charge on any atom is -0.390 e. The van der Waals surface area contributed by atoms with Crippen molar-refractivity contribution in [3.05, 3.63) is 0 Å². The first-order chi connectivity index (χ1) is 5.54. The number of nitrogens with one attached hydrogen (secondary N) is 1. The van der Waals surface area contributed by atoms with Crippen molar-refractivity contribution in [1.82, 2.24) is 5.32 Å². The third-order valence-corrected chi connectivity index (χ3v) is 2.52. The Bertz CT molecular complexity index is 149. The Balaban J connectivity index is 2.37. The molecule has 0 aromatic rings. The van der Waals surface area contributed by atoms with Gasteiger partial charge in [0.15, 0.2) is 0 Å². The molecule has 0 unspecified atom stereocenters. The van der Waals surface area contributed by atoms with E-state index in [1.54, 1.807) is 0 Å². The molecule has 3 N–H and O–H groups in total. The van der Waals surface area contributed by atoms with Crippen molar-refractivity contribution in [2.24, 2.45) is 0 Å². The van der Waals surface area contributed by atoms with Crippen LogP contribution >= 0.6 is 0 Å². The maximum Gasteiger partial charge on any atom is 0.103 e. The molecular weight excluding hydrogens is 154 g/mol. The number of hydrogen-bond donors (Lipinski definition) is 3. The molecule has 0 heterocycles. The van der Waals surface area contributed by atoms with Gasteiger partial charge in [-0.3, -0.25) is 0 Å². The van der Waals surface area contributed by atoms with Crippen LogP contribution in [-0.4, -0.2) is 34.5 Å². The van der Waals surface area contributed by atoms with Crippen molar-refractivity contribution in [2.75, 3.05) is 6.54 Å². The quantitative estimate of drug-likeness (QED) is 0.574. The zero-order valence-corrected chi connectivity index (χ0v) is 7.88. The summed E-state index contributed by atoms with van der Waals surface area (Å²) in [7, 11) is 0. The summed E-state index contributed by atoms with van der Waals surface area (Å²) in [5.74, 6) is 0. The lowest BCUT2D eigenvalue weighted by Gasteiger charge is -2.27. The fourth-order valence-corrected chi connectivity index (χ4v) is 1.62. The van der Waals surface area contributed by atoms with Gasteiger partial charge in [0, 0.05) is 12.6 Å². The number of aliphatic hydroxyl groups is 2. The van der Waals surface area contributed by atoms with Gasteiger partial charge in [0.25, 0.3) is 0 Å². The highest BCUT2D eigenvalue weighted by molar-refractivity contribution is 4.94. The summed E-state index contributed by atoms with van der Waals surface area (Å²) in [5, 5.41) is 22.5. The zero-order valence-electron chi connectivity index (χ0n) is 7.88. The third-order valence-electron chi connectivity index (χ3n) is 2.52. The predicted octanol–water partition coefficient (Wildman–Crippen LogP) is 0.260. The van der Waals surface area contributed by atoms with Crippen molar-refractivity contribution in [1.29, 1.82) is 0 Å². The molecule has 0 aliphatic heterocycles. The van der Waals surface area contributed by atoms with Crippen LogP contribution in [0.25, 0.3) is 0 Å². The third kappa shape index (κ3) is 2.19. The molecule has 2 atom stereocenters. The van der Waals surface area contributed by atoms with E-state index in [1.807, 2.05) is 13.8 Å². The normalized spacial score (nSPS) is 36.2. The van der Waals surface area contributed by atoms with Crippen molar-refractivity contribution < 1.29 is 10.2 Å². The topological polar surface area (TPSA) is 52.5 Å². The molecule has 1 saturated carbocycles. The first-order valence-corrected chi connectivity index (χ1v) is 4.68. The minimum atomic E-state index is -0.871. The Hall–Kier alpha value is -0.120. The van der Waals surface area contributed by atoms with Crippen molar-refractivity contribution in [2.45, 2.75) is 50.9 Å². The molecule has 0 bridgehead atoms. The van der Waals surface area contributed by atoms with E-state index in [-0.39, 0.29) is 0 Å². The summed E-state index contributed by atoms with van der Waals surface area (Å²) in [4.78, 5) is 0. The summed E-state index contributed by atoms with van der Waals surface area (Å²) in [6.45, 7) is 4.57. The van der Waals surface area contributed by atoms with Crippen LogP contribution < -0.4 is 5.32 Å². The average molecular weight is 173 g/mol. The molecule has 1 rings (SSSR count). The van der Waals surface area contributed by atoms with Gasteiger partial charge in [0.05, 0.1) is 6.10 Å². The molecule has 0 aromatic carbocycles. The van der Waals surface area contributed by atoms with E-state index in [2.05, 4.69) is 5.32 Å². The molecule has 0 amide bonds. The van der Waals surface area contributed by atoms with Gasteiger partial charge >= 0.3 is 0 Å². The van der Waals surface area contributed by atoms with Gasteiger partial charge in [-0.05, 0) is 19.3 Å². The van der Waals surface area contributed by atoms with E-state index < -0.39 is 11.7 Å². The van der Waals surface area contributed by atoms with Gasteiger partial charge in [-0.25, -0.2) is 0 Å². The van der Waals surface area contributed by atoms with Crippen LogP contribution in [0.15, 0.2) is 0 Å². The molecule has 12 heavy (non-hydrogen) atoms. The molecule has 1 aliphatic rings. The van der Waals surface area contributed by atoms with Gasteiger partial charge in [0.1, 0.15) is 5.60 Å². The standard InChI is InChI=1S/C9H19NO2/c1-7(2)10-6-9(12)5-3-4-8(9)11/h7-8,10-12H,3-6H2,1-2H3/t8-,9-/m1/s1. The zero-order chi connectivity index (χ0) is 9.19. The molecule has 3 heteroatoms. The van der Waals surface area contributed by atoms with Crippen LogP contribution in [0, 0.1) is 0 Å². The molecule has 0 radical (unpaired) electrons. The monoisotopic (exact) mass is 173 g/mol. The Morgan fingerprint density at radius 1 is 1.58 bits per heavy atom. The predicted molar refractivity (Wildman–Crippen MR) is 47.9 cm³/mol. The largest absolute Gasteiger partial charge is 0.390 e. The highest BCUT2D eigenvalue weighted by Crippen LogP contribution is 2.29. The second-order valence-electron chi connectivity index (χ2n) is 4.05. The van der Waals surface area contributed by atoms with Crippen LogP contribution in [0.1, 0.15) is 33.1 Å². The Labute approximate surface area is 73.8 Å². The smallest absolute Gasteiger partial charge is 0.103 e. The molecule has 0 saturated heterocycles. The van der Waals surface area contributed by atoms with Crippen LogP contribution in [-0.2, 0) is 0 Å². The fourth-order valence-electron chi connectivity index (χ4n) is 1.62. The Morgan fingerprint density at radius 3 is 2.67 bits per heavy atom. The number of aliphatic hydroxyl groups excluding tert-OH is 1. The molecule has 0 spiro atoms. The van der Waals surface area contributed by atoms with Crippen molar-refractivity contribution in [3.63, 3.8) is 0 Å². The van der Waals surface area contributed by atoms with E-state index in [0.29, 0.717) is 19.0 Å².